The second-order valence-corrected chi connectivity index (χ2v) is 7.23. The van der Waals surface area contributed by atoms with Crippen molar-refractivity contribution in [2.24, 2.45) is 11.3 Å². The molecule has 0 aromatic rings. The lowest BCUT2D eigenvalue weighted by Gasteiger charge is -2.33. The Morgan fingerprint density at radius 2 is 1.67 bits per heavy atom. The van der Waals surface area contributed by atoms with E-state index in [1.807, 2.05) is 0 Å². The molecule has 0 aromatic carbocycles. The summed E-state index contributed by atoms with van der Waals surface area (Å²) in [7, 11) is 0. The van der Waals surface area contributed by atoms with Gasteiger partial charge in [0.05, 0.1) is 6.61 Å². The highest BCUT2D eigenvalue weighted by molar-refractivity contribution is 4.81. The number of hydrogen-bond acceptors (Lipinski definition) is 2. The van der Waals surface area contributed by atoms with Crippen molar-refractivity contribution in [2.45, 2.75) is 65.3 Å². The topological polar surface area (TPSA) is 12.5 Å². The van der Waals surface area contributed by atoms with Crippen LogP contribution in [0.4, 0.5) is 0 Å². The van der Waals surface area contributed by atoms with Gasteiger partial charge >= 0.3 is 0 Å². The van der Waals surface area contributed by atoms with Crippen molar-refractivity contribution >= 4 is 0 Å². The Morgan fingerprint density at radius 1 is 0.889 bits per heavy atom. The molecule has 2 unspecified atom stereocenters. The number of ether oxygens (including phenoxy) is 1. The Labute approximate surface area is 113 Å². The molecule has 0 aromatic heterocycles. The molecule has 0 bridgehead atoms. The molecular formula is C16H31NO. The van der Waals surface area contributed by atoms with Crippen molar-refractivity contribution in [1.29, 1.82) is 0 Å². The second-order valence-electron chi connectivity index (χ2n) is 7.23. The van der Waals surface area contributed by atoms with Crippen molar-refractivity contribution in [3.8, 4) is 0 Å². The van der Waals surface area contributed by atoms with Crippen molar-refractivity contribution in [3.05, 3.63) is 0 Å². The first-order valence-electron chi connectivity index (χ1n) is 7.89. The van der Waals surface area contributed by atoms with Crippen LogP contribution in [0.3, 0.4) is 0 Å². The van der Waals surface area contributed by atoms with E-state index in [2.05, 4.69) is 25.7 Å². The Balaban J connectivity index is 1.98. The zero-order valence-corrected chi connectivity index (χ0v) is 12.6. The molecule has 2 heterocycles. The van der Waals surface area contributed by atoms with Crippen LogP contribution in [-0.4, -0.2) is 37.2 Å². The highest BCUT2D eigenvalue weighted by Crippen LogP contribution is 2.35. The van der Waals surface area contributed by atoms with E-state index in [4.69, 9.17) is 4.74 Å². The average molecular weight is 253 g/mol. The van der Waals surface area contributed by atoms with Gasteiger partial charge in [0.25, 0.3) is 0 Å². The van der Waals surface area contributed by atoms with Gasteiger partial charge in [-0.15, -0.1) is 0 Å². The molecule has 2 aliphatic rings. The number of rotatable bonds is 0. The summed E-state index contributed by atoms with van der Waals surface area (Å²) in [5, 5.41) is 0. The number of hydrogen-bond donors (Lipinski definition) is 0. The number of fused-ring (bicyclic) bond motifs is 1. The van der Waals surface area contributed by atoms with E-state index in [0.717, 1.165) is 31.7 Å². The predicted molar refractivity (Wildman–Crippen MR) is 76.8 cm³/mol. The Kier molecular flexibility index (Phi) is 5.08. The van der Waals surface area contributed by atoms with Crippen LogP contribution in [0, 0.1) is 11.3 Å². The smallest absolute Gasteiger partial charge is 0.0593 e. The fourth-order valence-corrected chi connectivity index (χ4v) is 3.59. The third-order valence-corrected chi connectivity index (χ3v) is 4.96. The summed E-state index contributed by atoms with van der Waals surface area (Å²) in [5.74, 6) is 0.889. The van der Waals surface area contributed by atoms with Crippen LogP contribution in [-0.2, 0) is 4.74 Å². The van der Waals surface area contributed by atoms with Gasteiger partial charge < -0.3 is 4.74 Å². The summed E-state index contributed by atoms with van der Waals surface area (Å²) < 4.78 is 5.65. The van der Waals surface area contributed by atoms with Gasteiger partial charge in [-0.1, -0.05) is 33.6 Å². The lowest BCUT2D eigenvalue weighted by molar-refractivity contribution is 0.131. The number of nitrogens with zero attached hydrogens (tertiary/aromatic N) is 1. The lowest BCUT2D eigenvalue weighted by Crippen LogP contribution is -2.37. The fraction of sp³-hybridized carbons (Fsp3) is 1.00. The van der Waals surface area contributed by atoms with Crippen LogP contribution in [0.2, 0.25) is 0 Å². The van der Waals surface area contributed by atoms with Gasteiger partial charge in [-0.05, 0) is 43.6 Å². The van der Waals surface area contributed by atoms with Gasteiger partial charge in [-0.25, -0.2) is 0 Å². The van der Waals surface area contributed by atoms with Crippen molar-refractivity contribution in [2.75, 3.05) is 26.3 Å². The molecule has 2 fully saturated rings. The quantitative estimate of drug-likeness (QED) is 0.652. The molecule has 18 heavy (non-hydrogen) atoms. The van der Waals surface area contributed by atoms with Crippen molar-refractivity contribution in [1.82, 2.24) is 4.90 Å². The third kappa shape index (κ3) is 3.96. The van der Waals surface area contributed by atoms with E-state index in [1.165, 1.54) is 45.1 Å². The van der Waals surface area contributed by atoms with Crippen LogP contribution in [0.1, 0.15) is 59.3 Å². The summed E-state index contributed by atoms with van der Waals surface area (Å²) in [6.45, 7) is 11.6. The maximum atomic E-state index is 5.65. The second kappa shape index (κ2) is 6.38. The van der Waals surface area contributed by atoms with Gasteiger partial charge in [0.2, 0.25) is 0 Å². The van der Waals surface area contributed by atoms with Gasteiger partial charge in [0.1, 0.15) is 0 Å². The minimum absolute atomic E-state index is 0.474. The van der Waals surface area contributed by atoms with E-state index >= 15 is 0 Å². The van der Waals surface area contributed by atoms with Crippen LogP contribution >= 0.6 is 0 Å². The molecule has 2 nitrogen and oxygen atoms in total. The molecule has 0 radical (unpaired) electrons. The molecule has 0 spiro atoms. The maximum Gasteiger partial charge on any atom is 0.0593 e. The van der Waals surface area contributed by atoms with Crippen molar-refractivity contribution < 1.29 is 4.74 Å². The van der Waals surface area contributed by atoms with Crippen LogP contribution in [0.5, 0.6) is 0 Å². The predicted octanol–water partition coefficient (Wildman–Crippen LogP) is 3.70. The first-order chi connectivity index (χ1) is 8.57. The minimum atomic E-state index is 0.474. The van der Waals surface area contributed by atoms with Crippen LogP contribution in [0.15, 0.2) is 0 Å². The largest absolute Gasteiger partial charge is 0.380 e. The minimum Gasteiger partial charge on any atom is -0.380 e. The Bertz CT molecular complexity index is 246. The molecular weight excluding hydrogens is 222 g/mol. The first-order valence-corrected chi connectivity index (χ1v) is 7.89. The van der Waals surface area contributed by atoms with E-state index in [1.54, 1.807) is 0 Å². The van der Waals surface area contributed by atoms with Crippen LogP contribution in [0.25, 0.3) is 0 Å². The molecule has 106 valence electrons. The van der Waals surface area contributed by atoms with E-state index in [0.29, 0.717) is 5.41 Å². The standard InChI is InChI=1S/C16H31NO/c1-16(2,3)14-6-4-5-7-15-9-12-18-13-11-17(15)10-8-14/h14-15H,4-13H2,1-3H3. The normalized spacial score (nSPS) is 32.8. The first kappa shape index (κ1) is 14.3. The molecule has 2 saturated heterocycles. The lowest BCUT2D eigenvalue weighted by atomic mass is 9.76. The summed E-state index contributed by atoms with van der Waals surface area (Å²) in [5.41, 5.74) is 0.474. The van der Waals surface area contributed by atoms with Gasteiger partial charge in [0, 0.05) is 19.2 Å². The summed E-state index contributed by atoms with van der Waals surface area (Å²) >= 11 is 0. The fourth-order valence-electron chi connectivity index (χ4n) is 3.59. The summed E-state index contributed by atoms with van der Waals surface area (Å²) in [6, 6.07) is 0.797. The zero-order valence-electron chi connectivity index (χ0n) is 12.6. The molecule has 0 saturated carbocycles. The molecule has 0 amide bonds. The monoisotopic (exact) mass is 253 g/mol. The summed E-state index contributed by atoms with van der Waals surface area (Å²) in [4.78, 5) is 2.72. The molecule has 2 aliphatic heterocycles. The molecule has 2 heteroatoms. The van der Waals surface area contributed by atoms with E-state index in [9.17, 15) is 0 Å². The SMILES string of the molecule is CC(C)(C)C1CCCCC2CCOCCN2CC1. The Hall–Kier alpha value is -0.0800. The van der Waals surface area contributed by atoms with Gasteiger partial charge in [-0.2, -0.15) is 0 Å². The van der Waals surface area contributed by atoms with E-state index < -0.39 is 0 Å². The van der Waals surface area contributed by atoms with E-state index in [-0.39, 0.29) is 0 Å². The van der Waals surface area contributed by atoms with Crippen LogP contribution < -0.4 is 0 Å². The molecule has 0 aliphatic carbocycles. The molecule has 0 N–H and O–H groups in total. The third-order valence-electron chi connectivity index (χ3n) is 4.96. The highest BCUT2D eigenvalue weighted by Gasteiger charge is 2.28. The zero-order chi connectivity index (χ0) is 13.0. The average Bonchev–Trinajstić information content (AvgIpc) is 2.45. The summed E-state index contributed by atoms with van der Waals surface area (Å²) in [6.07, 6.45) is 8.28. The highest BCUT2D eigenvalue weighted by atomic mass is 16.5. The maximum absolute atomic E-state index is 5.65. The van der Waals surface area contributed by atoms with Gasteiger partial charge in [0.15, 0.2) is 0 Å². The molecule has 2 atom stereocenters. The van der Waals surface area contributed by atoms with Gasteiger partial charge in [-0.3, -0.25) is 4.90 Å². The van der Waals surface area contributed by atoms with Crippen molar-refractivity contribution in [3.63, 3.8) is 0 Å². The Morgan fingerprint density at radius 3 is 2.44 bits per heavy atom. The molecule has 2 rings (SSSR count).